The molecule has 0 aromatic carbocycles. The van der Waals surface area contributed by atoms with Crippen molar-refractivity contribution in [3.63, 3.8) is 0 Å². The number of amides is 2. The number of carbonyl (C=O) groups excluding carboxylic acids is 4. The Morgan fingerprint density at radius 1 is 1.32 bits per heavy atom. The molecule has 3 N–H and O–H groups in total. The van der Waals surface area contributed by atoms with Crippen molar-refractivity contribution in [2.75, 3.05) is 44.5 Å². The molecule has 1 aromatic heterocycles. The largest absolute Gasteiger partial charge is 0.427 e. The van der Waals surface area contributed by atoms with E-state index in [4.69, 9.17) is 29.5 Å². The molecule has 2 amide bonds. The first-order valence-corrected chi connectivity index (χ1v) is 14.9. The molecule has 0 radical (unpaired) electrons. The summed E-state index contributed by atoms with van der Waals surface area (Å²) in [6.07, 6.45) is -0.164. The maximum Gasteiger partial charge on any atom is 0.358 e. The van der Waals surface area contributed by atoms with E-state index in [9.17, 15) is 19.2 Å². The minimum absolute atomic E-state index is 0.0352. The summed E-state index contributed by atoms with van der Waals surface area (Å²) in [6.45, 7) is 5.03. The van der Waals surface area contributed by atoms with E-state index in [1.54, 1.807) is 26.2 Å². The number of carbonyl (C=O) groups is 4. The highest BCUT2D eigenvalue weighted by Gasteiger charge is 2.55. The second kappa shape index (κ2) is 12.8. The van der Waals surface area contributed by atoms with Gasteiger partial charge in [-0.3, -0.25) is 19.3 Å². The van der Waals surface area contributed by atoms with Crippen molar-refractivity contribution >= 4 is 69.5 Å². The molecule has 4 heterocycles. The highest BCUT2D eigenvalue weighted by molar-refractivity contribution is 8.06. The molecule has 0 aliphatic carbocycles. The van der Waals surface area contributed by atoms with Gasteiger partial charge in [-0.15, -0.1) is 34.9 Å². The molecule has 3 atom stereocenters. The average Bonchev–Trinajstić information content (AvgIpc) is 3.59. The van der Waals surface area contributed by atoms with Gasteiger partial charge in [-0.25, -0.2) is 9.78 Å². The van der Waals surface area contributed by atoms with E-state index in [1.165, 1.54) is 35.5 Å². The highest BCUT2D eigenvalue weighted by Crippen LogP contribution is 2.44. The molecule has 1 aromatic rings. The summed E-state index contributed by atoms with van der Waals surface area (Å²) in [6, 6.07) is -0.949. The van der Waals surface area contributed by atoms with Crippen molar-refractivity contribution < 1.29 is 43.0 Å². The van der Waals surface area contributed by atoms with Crippen LogP contribution in [-0.2, 0) is 43.0 Å². The van der Waals surface area contributed by atoms with Crippen molar-refractivity contribution in [2.45, 2.75) is 38.3 Å². The summed E-state index contributed by atoms with van der Waals surface area (Å²) in [5, 5.41) is 7.60. The number of fused-ring (bicyclic) bond motifs is 1. The zero-order chi connectivity index (χ0) is 29.0. The van der Waals surface area contributed by atoms with Gasteiger partial charge in [0, 0.05) is 21.8 Å². The third-order valence-corrected chi connectivity index (χ3v) is 9.06. The molecular weight excluding hydrogens is 586 g/mol. The van der Waals surface area contributed by atoms with E-state index in [1.807, 2.05) is 0 Å². The van der Waals surface area contributed by atoms with Crippen LogP contribution in [0.2, 0.25) is 0 Å². The zero-order valence-electron chi connectivity index (χ0n) is 22.2. The molecule has 14 nitrogen and oxygen atoms in total. The number of nitrogen functional groups attached to an aromatic ring is 1. The van der Waals surface area contributed by atoms with Crippen LogP contribution in [0.25, 0.3) is 0 Å². The molecule has 0 saturated carbocycles. The Balaban J connectivity index is 1.49. The monoisotopic (exact) mass is 615 g/mol. The van der Waals surface area contributed by atoms with Gasteiger partial charge in [-0.2, -0.15) is 0 Å². The summed E-state index contributed by atoms with van der Waals surface area (Å²) in [5.41, 5.74) is 4.99. The Bertz CT molecular complexity index is 1220. The SMILES string of the molecule is CO/N=C(\C(=O)NC1C(=O)N2C(C(=O)OCOC(=O)C(C)(C)C)=C(SCC3COCO3)CSC12)c1csc(N)n1. The lowest BCUT2D eigenvalue weighted by Crippen LogP contribution is -2.71. The number of thioether (sulfide) groups is 2. The van der Waals surface area contributed by atoms with E-state index in [-0.39, 0.29) is 35.1 Å². The molecule has 2 fully saturated rings. The number of rotatable bonds is 10. The van der Waals surface area contributed by atoms with Crippen LogP contribution >= 0.6 is 34.9 Å². The number of hydrogen-bond donors (Lipinski definition) is 2. The first-order chi connectivity index (χ1) is 19.0. The van der Waals surface area contributed by atoms with Crippen LogP contribution < -0.4 is 11.1 Å². The first-order valence-electron chi connectivity index (χ1n) is 12.0. The average molecular weight is 616 g/mol. The molecule has 0 bridgehead atoms. The van der Waals surface area contributed by atoms with Crippen LogP contribution in [-0.4, -0.2) is 95.7 Å². The predicted molar refractivity (Wildman–Crippen MR) is 147 cm³/mol. The number of aromatic nitrogens is 1. The van der Waals surface area contributed by atoms with Crippen LogP contribution in [0.1, 0.15) is 26.5 Å². The number of nitrogens with zero attached hydrogens (tertiary/aromatic N) is 3. The van der Waals surface area contributed by atoms with Crippen molar-refractivity contribution in [1.29, 1.82) is 0 Å². The Morgan fingerprint density at radius 2 is 2.10 bits per heavy atom. The second-order valence-electron chi connectivity index (χ2n) is 9.65. The smallest absolute Gasteiger partial charge is 0.358 e. The molecule has 3 aliphatic rings. The fraction of sp³-hybridized carbons (Fsp3) is 0.565. The van der Waals surface area contributed by atoms with Crippen molar-refractivity contribution in [2.24, 2.45) is 10.6 Å². The number of oxime groups is 1. The number of hydrogen-bond acceptors (Lipinski definition) is 15. The van der Waals surface area contributed by atoms with Gasteiger partial charge in [0.25, 0.3) is 11.8 Å². The van der Waals surface area contributed by atoms with Gasteiger partial charge >= 0.3 is 11.9 Å². The standard InChI is InChI=1S/C23H29N5O9S3/c1-23(2,3)21(32)37-10-36-20(31)16-13(38-6-11-5-34-9-35-11)8-39-19-15(18(30)28(16)19)26-17(29)14(27-33-4)12-7-40-22(24)25-12/h7,11,15,19H,5-6,8-10H2,1-4H3,(H2,24,25)(H,26,29)/b27-14-. The number of anilines is 1. The van der Waals surface area contributed by atoms with Gasteiger partial charge in [-0.1, -0.05) is 5.16 Å². The molecule has 40 heavy (non-hydrogen) atoms. The number of ether oxygens (including phenoxy) is 4. The van der Waals surface area contributed by atoms with E-state index in [0.29, 0.717) is 23.0 Å². The Labute approximate surface area is 242 Å². The summed E-state index contributed by atoms with van der Waals surface area (Å²) in [4.78, 5) is 62.3. The van der Waals surface area contributed by atoms with Crippen molar-refractivity contribution in [1.82, 2.24) is 15.2 Å². The summed E-state index contributed by atoms with van der Waals surface area (Å²) < 4.78 is 21.0. The first kappa shape index (κ1) is 30.1. The number of nitrogens with two attached hydrogens (primary N) is 1. The van der Waals surface area contributed by atoms with Crippen LogP contribution in [0, 0.1) is 5.41 Å². The van der Waals surface area contributed by atoms with Crippen LogP contribution in [0.4, 0.5) is 5.13 Å². The highest BCUT2D eigenvalue weighted by atomic mass is 32.2. The van der Waals surface area contributed by atoms with E-state index in [0.717, 1.165) is 11.3 Å². The molecule has 4 rings (SSSR count). The van der Waals surface area contributed by atoms with Gasteiger partial charge < -0.3 is 34.8 Å². The molecule has 3 unspecified atom stereocenters. The number of β-lactam (4-membered cyclic amide) rings is 1. The third-order valence-electron chi connectivity index (χ3n) is 5.70. The number of nitrogens with one attached hydrogen (secondary N) is 1. The fourth-order valence-electron chi connectivity index (χ4n) is 3.68. The van der Waals surface area contributed by atoms with Crippen molar-refractivity contribution in [3.05, 3.63) is 21.7 Å². The van der Waals surface area contributed by atoms with E-state index < -0.39 is 47.4 Å². The topological polar surface area (TPSA) is 181 Å². The predicted octanol–water partition coefficient (Wildman–Crippen LogP) is 0.883. The third kappa shape index (κ3) is 6.71. The zero-order valence-corrected chi connectivity index (χ0v) is 24.6. The van der Waals surface area contributed by atoms with Gasteiger partial charge in [-0.05, 0) is 20.8 Å². The minimum Gasteiger partial charge on any atom is -0.427 e. The molecule has 2 saturated heterocycles. The quantitative estimate of drug-likeness (QED) is 0.125. The summed E-state index contributed by atoms with van der Waals surface area (Å²) in [5.74, 6) is -1.71. The van der Waals surface area contributed by atoms with Crippen molar-refractivity contribution in [3.8, 4) is 0 Å². The molecule has 17 heteroatoms. The Kier molecular flexibility index (Phi) is 9.60. The Morgan fingerprint density at radius 3 is 2.73 bits per heavy atom. The van der Waals surface area contributed by atoms with Crippen LogP contribution in [0.3, 0.4) is 0 Å². The number of thiazole rings is 1. The molecule has 218 valence electrons. The van der Waals surface area contributed by atoms with Gasteiger partial charge in [0.05, 0.1) is 18.1 Å². The lowest BCUT2D eigenvalue weighted by Gasteiger charge is -2.49. The molecular formula is C23H29N5O9S3. The van der Waals surface area contributed by atoms with Gasteiger partial charge in [0.15, 0.2) is 10.8 Å². The maximum atomic E-state index is 13.3. The molecule has 3 aliphatic heterocycles. The lowest BCUT2D eigenvalue weighted by molar-refractivity contribution is -0.173. The fourth-order valence-corrected chi connectivity index (χ4v) is 6.85. The molecule has 0 spiro atoms. The van der Waals surface area contributed by atoms with Crippen LogP contribution in [0.5, 0.6) is 0 Å². The van der Waals surface area contributed by atoms with Crippen LogP contribution in [0.15, 0.2) is 21.1 Å². The lowest BCUT2D eigenvalue weighted by atomic mass is 9.98. The Hall–Kier alpha value is -2.86. The van der Waals surface area contributed by atoms with Gasteiger partial charge in [0.2, 0.25) is 6.79 Å². The normalized spacial score (nSPS) is 22.9. The van der Waals surface area contributed by atoms with E-state index in [2.05, 4.69) is 15.5 Å². The number of esters is 2. The second-order valence-corrected chi connectivity index (χ2v) is 12.8. The minimum atomic E-state index is -0.949. The van der Waals surface area contributed by atoms with Gasteiger partial charge in [0.1, 0.15) is 36.7 Å². The summed E-state index contributed by atoms with van der Waals surface area (Å²) in [7, 11) is 1.28. The van der Waals surface area contributed by atoms with E-state index >= 15 is 0 Å². The summed E-state index contributed by atoms with van der Waals surface area (Å²) >= 11 is 3.85. The maximum absolute atomic E-state index is 13.3.